The van der Waals surface area contributed by atoms with Crippen LogP contribution in [0.15, 0.2) is 71.7 Å². The second-order valence-electron chi connectivity index (χ2n) is 6.14. The average molecular weight is 346 g/mol. The lowest BCUT2D eigenvalue weighted by molar-refractivity contribution is -0.122. The maximum absolute atomic E-state index is 12.5. The molecule has 6 nitrogen and oxygen atoms in total. The normalized spacial score (nSPS) is 12.2. The van der Waals surface area contributed by atoms with Crippen molar-refractivity contribution in [3.63, 3.8) is 0 Å². The van der Waals surface area contributed by atoms with Crippen molar-refractivity contribution in [3.05, 3.63) is 78.6 Å². The minimum Gasteiger partial charge on any atom is -0.460 e. The van der Waals surface area contributed by atoms with E-state index >= 15 is 0 Å². The number of rotatable bonds is 5. The molecule has 1 unspecified atom stereocenters. The SMILES string of the molecule is CC(C(=O)NCc1cccc(-n2cncn2)c1)c1cc2ccccc2o1. The van der Waals surface area contributed by atoms with Crippen LogP contribution in [-0.4, -0.2) is 20.7 Å². The molecule has 0 aliphatic carbocycles. The standard InChI is InChI=1S/C20H18N4O2/c1-14(19-10-16-6-2-3-8-18(16)26-19)20(25)22-11-15-5-4-7-17(9-15)24-13-21-12-23-24/h2-10,12-14H,11H2,1H3,(H,22,25). The van der Waals surface area contributed by atoms with Gasteiger partial charge in [-0.15, -0.1) is 0 Å². The Morgan fingerprint density at radius 1 is 1.19 bits per heavy atom. The predicted molar refractivity (Wildman–Crippen MR) is 97.8 cm³/mol. The van der Waals surface area contributed by atoms with Crippen LogP contribution in [0, 0.1) is 0 Å². The van der Waals surface area contributed by atoms with Crippen molar-refractivity contribution < 1.29 is 9.21 Å². The maximum atomic E-state index is 12.5. The van der Waals surface area contributed by atoms with Crippen LogP contribution in [-0.2, 0) is 11.3 Å². The maximum Gasteiger partial charge on any atom is 0.230 e. The van der Waals surface area contributed by atoms with Gasteiger partial charge in [0.15, 0.2) is 0 Å². The second-order valence-corrected chi connectivity index (χ2v) is 6.14. The number of hydrogen-bond donors (Lipinski definition) is 1. The summed E-state index contributed by atoms with van der Waals surface area (Å²) >= 11 is 0. The number of hydrogen-bond acceptors (Lipinski definition) is 4. The van der Waals surface area contributed by atoms with Crippen molar-refractivity contribution in [2.24, 2.45) is 0 Å². The molecule has 2 aromatic heterocycles. The van der Waals surface area contributed by atoms with Crippen LogP contribution in [0.5, 0.6) is 0 Å². The Hall–Kier alpha value is -3.41. The molecular weight excluding hydrogens is 328 g/mol. The Morgan fingerprint density at radius 2 is 2.08 bits per heavy atom. The molecule has 4 rings (SSSR count). The number of amides is 1. The molecule has 6 heteroatoms. The molecular formula is C20H18N4O2. The van der Waals surface area contributed by atoms with E-state index in [-0.39, 0.29) is 11.8 Å². The van der Waals surface area contributed by atoms with Crippen LogP contribution in [0.1, 0.15) is 24.2 Å². The average Bonchev–Trinajstić information content (AvgIpc) is 3.35. The molecule has 1 N–H and O–H groups in total. The molecule has 0 spiro atoms. The van der Waals surface area contributed by atoms with Crippen molar-refractivity contribution in [2.45, 2.75) is 19.4 Å². The first-order chi connectivity index (χ1) is 12.7. The summed E-state index contributed by atoms with van der Waals surface area (Å²) in [5.74, 6) is 0.233. The van der Waals surface area contributed by atoms with Crippen molar-refractivity contribution >= 4 is 16.9 Å². The highest BCUT2D eigenvalue weighted by molar-refractivity contribution is 5.85. The first-order valence-corrected chi connectivity index (χ1v) is 8.41. The molecule has 2 aromatic carbocycles. The highest BCUT2D eigenvalue weighted by Gasteiger charge is 2.19. The summed E-state index contributed by atoms with van der Waals surface area (Å²) in [5.41, 5.74) is 2.69. The molecule has 0 fully saturated rings. The summed E-state index contributed by atoms with van der Waals surface area (Å²) in [7, 11) is 0. The van der Waals surface area contributed by atoms with Gasteiger partial charge >= 0.3 is 0 Å². The Balaban J connectivity index is 1.44. The zero-order chi connectivity index (χ0) is 17.9. The molecule has 0 saturated carbocycles. The number of para-hydroxylation sites is 1. The molecule has 26 heavy (non-hydrogen) atoms. The summed E-state index contributed by atoms with van der Waals surface area (Å²) in [6.07, 6.45) is 3.13. The number of nitrogens with one attached hydrogen (secondary N) is 1. The zero-order valence-electron chi connectivity index (χ0n) is 14.3. The number of furan rings is 1. The number of carbonyl (C=O) groups excluding carboxylic acids is 1. The van der Waals surface area contributed by atoms with E-state index in [1.165, 1.54) is 6.33 Å². The van der Waals surface area contributed by atoms with E-state index in [0.29, 0.717) is 12.3 Å². The van der Waals surface area contributed by atoms with Gasteiger partial charge in [0.25, 0.3) is 0 Å². The minimum absolute atomic E-state index is 0.0739. The summed E-state index contributed by atoms with van der Waals surface area (Å²) in [6.45, 7) is 2.28. The number of nitrogens with zero attached hydrogens (tertiary/aromatic N) is 3. The molecule has 0 aliphatic heterocycles. The van der Waals surface area contributed by atoms with Crippen molar-refractivity contribution in [2.75, 3.05) is 0 Å². The largest absolute Gasteiger partial charge is 0.460 e. The Kier molecular flexibility index (Phi) is 4.23. The van der Waals surface area contributed by atoms with Gasteiger partial charge in [0.2, 0.25) is 5.91 Å². The van der Waals surface area contributed by atoms with Gasteiger partial charge < -0.3 is 9.73 Å². The molecule has 130 valence electrons. The monoisotopic (exact) mass is 346 g/mol. The summed E-state index contributed by atoms with van der Waals surface area (Å²) in [4.78, 5) is 16.5. The van der Waals surface area contributed by atoms with Crippen molar-refractivity contribution in [1.29, 1.82) is 0 Å². The van der Waals surface area contributed by atoms with Gasteiger partial charge in [-0.05, 0) is 36.8 Å². The van der Waals surface area contributed by atoms with Crippen LogP contribution >= 0.6 is 0 Å². The smallest absolute Gasteiger partial charge is 0.230 e. The molecule has 2 heterocycles. The van der Waals surface area contributed by atoms with Gasteiger partial charge in [0, 0.05) is 11.9 Å². The minimum atomic E-state index is -0.360. The van der Waals surface area contributed by atoms with Gasteiger partial charge in [-0.1, -0.05) is 30.3 Å². The Morgan fingerprint density at radius 3 is 2.88 bits per heavy atom. The Labute approximate surface area is 150 Å². The van der Waals surface area contributed by atoms with E-state index in [2.05, 4.69) is 15.4 Å². The van der Waals surface area contributed by atoms with Crippen LogP contribution in [0.3, 0.4) is 0 Å². The van der Waals surface area contributed by atoms with Crippen molar-refractivity contribution in [1.82, 2.24) is 20.1 Å². The Bertz CT molecular complexity index is 1000. The fourth-order valence-electron chi connectivity index (χ4n) is 2.84. The fraction of sp³-hybridized carbons (Fsp3) is 0.150. The predicted octanol–water partition coefficient (Wildman–Crippen LogP) is 3.43. The van der Waals surface area contributed by atoms with Crippen LogP contribution < -0.4 is 5.32 Å². The van der Waals surface area contributed by atoms with Gasteiger partial charge in [-0.25, -0.2) is 9.67 Å². The molecule has 0 aliphatic rings. The van der Waals surface area contributed by atoms with E-state index < -0.39 is 0 Å². The molecule has 0 radical (unpaired) electrons. The summed E-state index contributed by atoms with van der Waals surface area (Å²) in [6, 6.07) is 17.5. The highest BCUT2D eigenvalue weighted by Crippen LogP contribution is 2.25. The molecule has 0 saturated heterocycles. The summed E-state index contributed by atoms with van der Waals surface area (Å²) < 4.78 is 7.47. The van der Waals surface area contributed by atoms with Crippen molar-refractivity contribution in [3.8, 4) is 5.69 Å². The van der Waals surface area contributed by atoms with E-state index in [1.54, 1.807) is 11.0 Å². The highest BCUT2D eigenvalue weighted by atomic mass is 16.3. The third-order valence-corrected chi connectivity index (χ3v) is 4.33. The van der Waals surface area contributed by atoms with Gasteiger partial charge in [0.05, 0.1) is 11.6 Å². The number of aromatic nitrogens is 3. The number of fused-ring (bicyclic) bond motifs is 1. The molecule has 1 atom stereocenters. The van der Waals surface area contributed by atoms with Gasteiger partial charge in [0.1, 0.15) is 24.0 Å². The first kappa shape index (κ1) is 16.1. The molecule has 0 bridgehead atoms. The van der Waals surface area contributed by atoms with E-state index in [1.807, 2.05) is 61.5 Å². The number of benzene rings is 2. The topological polar surface area (TPSA) is 73.0 Å². The van der Waals surface area contributed by atoms with Gasteiger partial charge in [-0.3, -0.25) is 4.79 Å². The molecule has 1 amide bonds. The van der Waals surface area contributed by atoms with Crippen LogP contribution in [0.4, 0.5) is 0 Å². The van der Waals surface area contributed by atoms with Crippen LogP contribution in [0.2, 0.25) is 0 Å². The molecule has 4 aromatic rings. The lowest BCUT2D eigenvalue weighted by atomic mass is 10.1. The van der Waals surface area contributed by atoms with E-state index in [4.69, 9.17) is 4.42 Å². The van der Waals surface area contributed by atoms with Gasteiger partial charge in [-0.2, -0.15) is 5.10 Å². The van der Waals surface area contributed by atoms with E-state index in [0.717, 1.165) is 22.2 Å². The third-order valence-electron chi connectivity index (χ3n) is 4.33. The van der Waals surface area contributed by atoms with Crippen LogP contribution in [0.25, 0.3) is 16.7 Å². The lowest BCUT2D eigenvalue weighted by Crippen LogP contribution is -2.27. The van der Waals surface area contributed by atoms with E-state index in [9.17, 15) is 4.79 Å². The number of carbonyl (C=O) groups is 1. The first-order valence-electron chi connectivity index (χ1n) is 8.41. The summed E-state index contributed by atoms with van der Waals surface area (Å²) in [5, 5.41) is 8.09. The second kappa shape index (κ2) is 6.84. The zero-order valence-corrected chi connectivity index (χ0v) is 14.3. The quantitative estimate of drug-likeness (QED) is 0.601. The fourth-order valence-corrected chi connectivity index (χ4v) is 2.84. The lowest BCUT2D eigenvalue weighted by Gasteiger charge is -2.11. The third kappa shape index (κ3) is 3.21.